The first-order valence-electron chi connectivity index (χ1n) is 12.7. The van der Waals surface area contributed by atoms with Crippen molar-refractivity contribution >= 4 is 39.4 Å². The molecular weight excluding hydrogens is 581 g/mol. The van der Waals surface area contributed by atoms with Gasteiger partial charge >= 0.3 is 0 Å². The average molecular weight is 611 g/mol. The Hall–Kier alpha value is -3.43. The zero-order chi connectivity index (χ0) is 27.5. The molecule has 0 bridgehead atoms. The van der Waals surface area contributed by atoms with E-state index in [-0.39, 0.29) is 18.3 Å². The fraction of sp³-hybridized carbons (Fsp3) is 0.267. The summed E-state index contributed by atoms with van der Waals surface area (Å²) < 4.78 is 27.5. The molecule has 2 aromatic carbocycles. The number of hydrazone groups is 1. The summed E-state index contributed by atoms with van der Waals surface area (Å²) in [6.07, 6.45) is 5.72. The molecule has 0 aliphatic heterocycles. The number of carbonyl (C=O) groups excluding carboxylic acids is 1. The topological polar surface area (TPSA) is 64.8 Å². The van der Waals surface area contributed by atoms with Gasteiger partial charge in [0.2, 0.25) is 0 Å². The molecule has 0 saturated carbocycles. The van der Waals surface area contributed by atoms with E-state index in [9.17, 15) is 9.18 Å². The van der Waals surface area contributed by atoms with Crippen molar-refractivity contribution < 1.29 is 18.7 Å². The lowest BCUT2D eigenvalue weighted by atomic mass is 9.95. The van der Waals surface area contributed by atoms with Gasteiger partial charge in [0.05, 0.1) is 18.9 Å². The van der Waals surface area contributed by atoms with Crippen molar-refractivity contribution in [2.24, 2.45) is 5.10 Å². The zero-order valence-electron chi connectivity index (χ0n) is 22.0. The van der Waals surface area contributed by atoms with Crippen molar-refractivity contribution in [3.05, 3.63) is 97.3 Å². The Morgan fingerprint density at radius 1 is 1.10 bits per heavy atom. The van der Waals surface area contributed by atoms with E-state index in [1.807, 2.05) is 0 Å². The lowest BCUT2D eigenvalue weighted by Crippen LogP contribution is -2.21. The van der Waals surface area contributed by atoms with Crippen LogP contribution >= 0.6 is 27.3 Å². The molecule has 1 amide bonds. The van der Waals surface area contributed by atoms with Gasteiger partial charge in [0.25, 0.3) is 5.91 Å². The largest absolute Gasteiger partial charge is 0.493 e. The minimum absolute atomic E-state index is 0.213. The Labute approximate surface area is 239 Å². The first-order chi connectivity index (χ1) is 18.9. The number of fused-ring (bicyclic) bond motifs is 1. The Morgan fingerprint density at radius 3 is 2.54 bits per heavy atom. The summed E-state index contributed by atoms with van der Waals surface area (Å²) in [5.41, 5.74) is 8.37. The molecule has 6 nitrogen and oxygen atoms in total. The van der Waals surface area contributed by atoms with E-state index < -0.39 is 0 Å². The van der Waals surface area contributed by atoms with Gasteiger partial charge in [-0.1, -0.05) is 12.1 Å². The minimum Gasteiger partial charge on any atom is -0.493 e. The molecule has 39 heavy (non-hydrogen) atoms. The van der Waals surface area contributed by atoms with Crippen LogP contribution in [0, 0.1) is 19.7 Å². The van der Waals surface area contributed by atoms with Gasteiger partial charge in [-0.05, 0) is 103 Å². The van der Waals surface area contributed by atoms with Crippen LogP contribution < -0.4 is 14.9 Å². The number of hydrogen-bond acceptors (Lipinski definition) is 5. The second-order valence-electron chi connectivity index (χ2n) is 9.48. The summed E-state index contributed by atoms with van der Waals surface area (Å²) in [6.45, 7) is 4.38. The molecule has 0 saturated heterocycles. The third-order valence-corrected chi connectivity index (χ3v) is 8.78. The SMILES string of the molecule is COc1cc(C=NNC(=O)c2c(-n3c(C)ccc3C)sc3c2CCCC3)c(Br)cc1OCc1ccc(F)cc1. The van der Waals surface area contributed by atoms with Crippen molar-refractivity contribution in [2.45, 2.75) is 46.1 Å². The summed E-state index contributed by atoms with van der Waals surface area (Å²) in [4.78, 5) is 14.8. The lowest BCUT2D eigenvalue weighted by Gasteiger charge is -2.13. The van der Waals surface area contributed by atoms with Crippen LogP contribution in [0.4, 0.5) is 4.39 Å². The van der Waals surface area contributed by atoms with Gasteiger partial charge in [-0.25, -0.2) is 9.82 Å². The molecule has 1 aliphatic rings. The molecule has 2 heterocycles. The van der Waals surface area contributed by atoms with Gasteiger partial charge < -0.3 is 14.0 Å². The molecule has 0 fully saturated rings. The Morgan fingerprint density at radius 2 is 1.82 bits per heavy atom. The minimum atomic E-state index is -0.292. The van der Waals surface area contributed by atoms with E-state index >= 15 is 0 Å². The van der Waals surface area contributed by atoms with Crippen molar-refractivity contribution in [1.82, 2.24) is 9.99 Å². The van der Waals surface area contributed by atoms with Gasteiger partial charge in [0, 0.05) is 26.3 Å². The Kier molecular flexibility index (Phi) is 8.18. The molecule has 4 aromatic rings. The molecule has 2 aromatic heterocycles. The number of amides is 1. The van der Waals surface area contributed by atoms with Crippen LogP contribution in [0.2, 0.25) is 0 Å². The molecule has 0 spiro atoms. The number of hydrogen-bond donors (Lipinski definition) is 1. The molecular formula is C30H29BrFN3O3S. The Bertz CT molecular complexity index is 1520. The quantitative estimate of drug-likeness (QED) is 0.168. The smallest absolute Gasteiger partial charge is 0.274 e. The molecule has 0 radical (unpaired) electrons. The van der Waals surface area contributed by atoms with Crippen molar-refractivity contribution in [3.63, 3.8) is 0 Å². The summed E-state index contributed by atoms with van der Waals surface area (Å²) in [7, 11) is 1.56. The van der Waals surface area contributed by atoms with Crippen LogP contribution in [0.5, 0.6) is 11.5 Å². The normalized spacial score (nSPS) is 12.9. The summed E-state index contributed by atoms with van der Waals surface area (Å²) in [5.74, 6) is 0.540. The van der Waals surface area contributed by atoms with E-state index in [2.05, 4.69) is 57.0 Å². The van der Waals surface area contributed by atoms with Gasteiger partial charge in [-0.2, -0.15) is 5.10 Å². The van der Waals surface area contributed by atoms with Crippen LogP contribution in [0.15, 0.2) is 58.1 Å². The number of nitrogens with zero attached hydrogens (tertiary/aromatic N) is 2. The number of rotatable bonds is 8. The maximum absolute atomic E-state index is 13.5. The van der Waals surface area contributed by atoms with Crippen molar-refractivity contribution in [3.8, 4) is 16.5 Å². The lowest BCUT2D eigenvalue weighted by molar-refractivity contribution is 0.0954. The van der Waals surface area contributed by atoms with Gasteiger partial charge in [0.15, 0.2) is 11.5 Å². The molecule has 0 atom stereocenters. The summed E-state index contributed by atoms with van der Waals surface area (Å²) >= 11 is 5.28. The number of thiophene rings is 1. The van der Waals surface area contributed by atoms with Crippen molar-refractivity contribution in [1.29, 1.82) is 0 Å². The van der Waals surface area contributed by atoms with Crippen LogP contribution in [-0.4, -0.2) is 23.8 Å². The van der Waals surface area contributed by atoms with E-state index in [0.717, 1.165) is 63.2 Å². The maximum atomic E-state index is 13.5. The number of benzene rings is 2. The number of halogens is 2. The highest BCUT2D eigenvalue weighted by Crippen LogP contribution is 2.38. The second-order valence-corrected chi connectivity index (χ2v) is 11.4. The summed E-state index contributed by atoms with van der Waals surface area (Å²) in [5, 5.41) is 5.25. The molecule has 1 N–H and O–H groups in total. The summed E-state index contributed by atoms with van der Waals surface area (Å²) in [6, 6.07) is 13.9. The number of aryl methyl sites for hydroxylation is 3. The molecule has 5 rings (SSSR count). The first-order valence-corrected chi connectivity index (χ1v) is 14.3. The van der Waals surface area contributed by atoms with E-state index in [4.69, 9.17) is 9.47 Å². The van der Waals surface area contributed by atoms with Gasteiger partial charge in [-0.3, -0.25) is 4.79 Å². The fourth-order valence-electron chi connectivity index (χ4n) is 4.81. The molecule has 0 unspecified atom stereocenters. The highest BCUT2D eigenvalue weighted by molar-refractivity contribution is 9.10. The van der Waals surface area contributed by atoms with Crippen LogP contribution in [-0.2, 0) is 19.4 Å². The number of methoxy groups -OCH3 is 1. The predicted octanol–water partition coefficient (Wildman–Crippen LogP) is 7.29. The standard InChI is InChI=1S/C30H29BrFN3O3S/c1-18-8-9-19(2)35(18)30-28(23-6-4-5-7-27(23)39-30)29(36)34-33-16-21-14-25(37-3)26(15-24(21)31)38-17-20-10-12-22(32)13-11-20/h8-16H,4-7,17H2,1-3H3,(H,34,36). The third-order valence-electron chi connectivity index (χ3n) is 6.81. The van der Waals surface area contributed by atoms with E-state index in [1.165, 1.54) is 17.0 Å². The van der Waals surface area contributed by atoms with Crippen LogP contribution in [0.25, 0.3) is 5.00 Å². The fourth-order valence-corrected chi connectivity index (χ4v) is 6.74. The number of ether oxygens (including phenoxy) is 2. The number of carbonyl (C=O) groups is 1. The highest BCUT2D eigenvalue weighted by atomic mass is 79.9. The second kappa shape index (κ2) is 11.8. The predicted molar refractivity (Wildman–Crippen MR) is 156 cm³/mol. The van der Waals surface area contributed by atoms with E-state index in [1.54, 1.807) is 48.9 Å². The molecule has 202 valence electrons. The van der Waals surface area contributed by atoms with Gasteiger partial charge in [-0.15, -0.1) is 11.3 Å². The van der Waals surface area contributed by atoms with E-state index in [0.29, 0.717) is 17.1 Å². The molecule has 9 heteroatoms. The average Bonchev–Trinajstić information content (AvgIpc) is 3.47. The molecule has 1 aliphatic carbocycles. The van der Waals surface area contributed by atoms with Gasteiger partial charge in [0.1, 0.15) is 17.4 Å². The maximum Gasteiger partial charge on any atom is 0.274 e. The zero-order valence-corrected chi connectivity index (χ0v) is 24.4. The Balaban J connectivity index is 1.35. The number of aromatic nitrogens is 1. The highest BCUT2D eigenvalue weighted by Gasteiger charge is 2.27. The third kappa shape index (κ3) is 5.79. The van der Waals surface area contributed by atoms with Crippen LogP contribution in [0.3, 0.4) is 0 Å². The van der Waals surface area contributed by atoms with Crippen molar-refractivity contribution in [2.75, 3.05) is 7.11 Å². The van der Waals surface area contributed by atoms with Crippen LogP contribution in [0.1, 0.15) is 56.2 Å². The first kappa shape index (κ1) is 27.1. The monoisotopic (exact) mass is 609 g/mol. The number of nitrogens with one attached hydrogen (secondary N) is 1.